The summed E-state index contributed by atoms with van der Waals surface area (Å²) in [5, 5.41) is 2.98. The Labute approximate surface area is 108 Å². The molecule has 1 N–H and O–H groups in total. The van der Waals surface area contributed by atoms with Gasteiger partial charge in [0, 0.05) is 13.1 Å². The SMILES string of the molecule is CCN1CC(c2ccc(OC(C)C)cc2)NC1=O. The monoisotopic (exact) mass is 248 g/mol. The Kier molecular flexibility index (Phi) is 3.75. The molecule has 0 aromatic heterocycles. The van der Waals surface area contributed by atoms with Crippen LogP contribution in [0.3, 0.4) is 0 Å². The Morgan fingerprint density at radius 2 is 2.06 bits per heavy atom. The maximum atomic E-state index is 11.6. The molecule has 0 spiro atoms. The average molecular weight is 248 g/mol. The summed E-state index contributed by atoms with van der Waals surface area (Å²) in [5.74, 6) is 0.866. The van der Waals surface area contributed by atoms with Crippen LogP contribution < -0.4 is 10.1 Å². The lowest BCUT2D eigenvalue weighted by Crippen LogP contribution is -2.27. The van der Waals surface area contributed by atoms with E-state index in [4.69, 9.17) is 4.74 Å². The van der Waals surface area contributed by atoms with E-state index >= 15 is 0 Å². The lowest BCUT2D eigenvalue weighted by molar-refractivity contribution is 0.219. The molecule has 1 aromatic rings. The molecule has 0 saturated carbocycles. The zero-order valence-corrected chi connectivity index (χ0v) is 11.1. The predicted octanol–water partition coefficient (Wildman–Crippen LogP) is 2.56. The summed E-state index contributed by atoms with van der Waals surface area (Å²) < 4.78 is 5.60. The molecule has 1 aromatic carbocycles. The van der Waals surface area contributed by atoms with Crippen molar-refractivity contribution in [2.45, 2.75) is 32.9 Å². The number of amides is 2. The van der Waals surface area contributed by atoms with E-state index in [9.17, 15) is 4.79 Å². The molecule has 1 aliphatic rings. The highest BCUT2D eigenvalue weighted by molar-refractivity contribution is 5.77. The third kappa shape index (κ3) is 2.75. The molecule has 18 heavy (non-hydrogen) atoms. The van der Waals surface area contributed by atoms with E-state index in [1.165, 1.54) is 0 Å². The van der Waals surface area contributed by atoms with Crippen LogP contribution in [0.1, 0.15) is 32.4 Å². The number of carbonyl (C=O) groups is 1. The molecule has 1 fully saturated rings. The first-order valence-electron chi connectivity index (χ1n) is 6.42. The van der Waals surface area contributed by atoms with Crippen LogP contribution in [0.15, 0.2) is 24.3 Å². The highest BCUT2D eigenvalue weighted by Gasteiger charge is 2.28. The summed E-state index contributed by atoms with van der Waals surface area (Å²) in [4.78, 5) is 13.4. The smallest absolute Gasteiger partial charge is 0.318 e. The van der Waals surface area contributed by atoms with Crippen molar-refractivity contribution in [1.29, 1.82) is 0 Å². The summed E-state index contributed by atoms with van der Waals surface area (Å²) in [7, 11) is 0. The number of urea groups is 1. The summed E-state index contributed by atoms with van der Waals surface area (Å²) in [6.07, 6.45) is 0.178. The van der Waals surface area contributed by atoms with Gasteiger partial charge in [0.05, 0.1) is 12.1 Å². The fraction of sp³-hybridized carbons (Fsp3) is 0.500. The predicted molar refractivity (Wildman–Crippen MR) is 70.7 cm³/mol. The topological polar surface area (TPSA) is 41.6 Å². The zero-order valence-electron chi connectivity index (χ0n) is 11.1. The number of ether oxygens (including phenoxy) is 1. The van der Waals surface area contributed by atoms with Gasteiger partial charge in [-0.2, -0.15) is 0 Å². The number of carbonyl (C=O) groups excluding carboxylic acids is 1. The first kappa shape index (κ1) is 12.7. The minimum absolute atomic E-state index is 0.0185. The summed E-state index contributed by atoms with van der Waals surface area (Å²) in [6, 6.07) is 8.05. The van der Waals surface area contributed by atoms with E-state index in [-0.39, 0.29) is 18.2 Å². The molecular formula is C14H20N2O2. The number of nitrogens with one attached hydrogen (secondary N) is 1. The van der Waals surface area contributed by atoms with Crippen molar-refractivity contribution in [3.8, 4) is 5.75 Å². The summed E-state index contributed by atoms with van der Waals surface area (Å²) in [5.41, 5.74) is 1.12. The number of nitrogens with zero attached hydrogens (tertiary/aromatic N) is 1. The number of rotatable bonds is 4. The highest BCUT2D eigenvalue weighted by atomic mass is 16.5. The molecule has 1 aliphatic heterocycles. The van der Waals surface area contributed by atoms with Gasteiger partial charge < -0.3 is 15.0 Å². The third-order valence-electron chi connectivity index (χ3n) is 3.02. The molecule has 4 nitrogen and oxygen atoms in total. The number of hydrogen-bond acceptors (Lipinski definition) is 2. The zero-order chi connectivity index (χ0) is 13.1. The minimum atomic E-state index is 0.0185. The van der Waals surface area contributed by atoms with Gasteiger partial charge in [-0.25, -0.2) is 4.79 Å². The molecule has 4 heteroatoms. The van der Waals surface area contributed by atoms with Gasteiger partial charge in [0.1, 0.15) is 5.75 Å². The van der Waals surface area contributed by atoms with Crippen LogP contribution in [0.4, 0.5) is 4.79 Å². The van der Waals surface area contributed by atoms with Crippen LogP contribution in [0.2, 0.25) is 0 Å². The van der Waals surface area contributed by atoms with E-state index in [2.05, 4.69) is 5.32 Å². The molecule has 2 rings (SSSR count). The number of hydrogen-bond donors (Lipinski definition) is 1. The van der Waals surface area contributed by atoms with Crippen molar-refractivity contribution in [3.63, 3.8) is 0 Å². The van der Waals surface area contributed by atoms with Crippen molar-refractivity contribution in [2.24, 2.45) is 0 Å². The van der Waals surface area contributed by atoms with Gasteiger partial charge in [0.25, 0.3) is 0 Å². The minimum Gasteiger partial charge on any atom is -0.491 e. The lowest BCUT2D eigenvalue weighted by Gasteiger charge is -2.13. The van der Waals surface area contributed by atoms with Gasteiger partial charge in [-0.05, 0) is 38.5 Å². The Balaban J connectivity index is 2.04. The van der Waals surface area contributed by atoms with Gasteiger partial charge >= 0.3 is 6.03 Å². The molecule has 1 atom stereocenters. The van der Waals surface area contributed by atoms with Crippen LogP contribution in [-0.2, 0) is 0 Å². The molecule has 2 amide bonds. The van der Waals surface area contributed by atoms with Crippen molar-refractivity contribution in [1.82, 2.24) is 10.2 Å². The van der Waals surface area contributed by atoms with Gasteiger partial charge in [0.2, 0.25) is 0 Å². The van der Waals surface area contributed by atoms with Crippen LogP contribution in [0.25, 0.3) is 0 Å². The van der Waals surface area contributed by atoms with E-state index in [1.807, 2.05) is 49.9 Å². The summed E-state index contributed by atoms with van der Waals surface area (Å²) in [6.45, 7) is 7.48. The van der Waals surface area contributed by atoms with Crippen LogP contribution in [0.5, 0.6) is 5.75 Å². The molecule has 1 heterocycles. The Bertz CT molecular complexity index is 414. The first-order valence-corrected chi connectivity index (χ1v) is 6.42. The van der Waals surface area contributed by atoms with Gasteiger partial charge in [-0.3, -0.25) is 0 Å². The fourth-order valence-corrected chi connectivity index (χ4v) is 2.10. The second-order valence-electron chi connectivity index (χ2n) is 4.78. The Hall–Kier alpha value is -1.71. The molecular weight excluding hydrogens is 228 g/mol. The molecule has 0 aliphatic carbocycles. The first-order chi connectivity index (χ1) is 8.60. The van der Waals surface area contributed by atoms with Crippen molar-refractivity contribution in [2.75, 3.05) is 13.1 Å². The molecule has 0 bridgehead atoms. The van der Waals surface area contributed by atoms with Crippen molar-refractivity contribution in [3.05, 3.63) is 29.8 Å². The maximum Gasteiger partial charge on any atom is 0.318 e. The standard InChI is InChI=1S/C14H20N2O2/c1-4-16-9-13(15-14(16)17)11-5-7-12(8-6-11)18-10(2)3/h5-8,10,13H,4,9H2,1-3H3,(H,15,17). The van der Waals surface area contributed by atoms with Crippen LogP contribution in [-0.4, -0.2) is 30.1 Å². The lowest BCUT2D eigenvalue weighted by atomic mass is 10.1. The molecule has 1 saturated heterocycles. The highest BCUT2D eigenvalue weighted by Crippen LogP contribution is 2.22. The number of benzene rings is 1. The van der Waals surface area contributed by atoms with E-state index in [0.717, 1.165) is 24.4 Å². The fourth-order valence-electron chi connectivity index (χ4n) is 2.10. The van der Waals surface area contributed by atoms with E-state index in [0.29, 0.717) is 0 Å². The second kappa shape index (κ2) is 5.29. The van der Waals surface area contributed by atoms with Gasteiger partial charge in [-0.1, -0.05) is 12.1 Å². The van der Waals surface area contributed by atoms with Gasteiger partial charge in [0.15, 0.2) is 0 Å². The molecule has 0 radical (unpaired) electrons. The Morgan fingerprint density at radius 1 is 1.39 bits per heavy atom. The largest absolute Gasteiger partial charge is 0.491 e. The quantitative estimate of drug-likeness (QED) is 0.889. The molecule has 1 unspecified atom stereocenters. The van der Waals surface area contributed by atoms with E-state index < -0.39 is 0 Å². The number of likely N-dealkylation sites (N-methyl/N-ethyl adjacent to an activating group) is 1. The Morgan fingerprint density at radius 3 is 2.56 bits per heavy atom. The van der Waals surface area contributed by atoms with Gasteiger partial charge in [-0.15, -0.1) is 0 Å². The summed E-state index contributed by atoms with van der Waals surface area (Å²) >= 11 is 0. The maximum absolute atomic E-state index is 11.6. The van der Waals surface area contributed by atoms with Crippen molar-refractivity contribution < 1.29 is 9.53 Å². The van der Waals surface area contributed by atoms with E-state index in [1.54, 1.807) is 0 Å². The normalized spacial score (nSPS) is 19.2. The average Bonchev–Trinajstić information content (AvgIpc) is 2.71. The van der Waals surface area contributed by atoms with Crippen molar-refractivity contribution >= 4 is 6.03 Å². The van der Waals surface area contributed by atoms with Crippen LogP contribution >= 0.6 is 0 Å². The second-order valence-corrected chi connectivity index (χ2v) is 4.78. The molecule has 98 valence electrons. The van der Waals surface area contributed by atoms with Crippen LogP contribution in [0, 0.1) is 0 Å². The third-order valence-corrected chi connectivity index (χ3v) is 3.02.